The number of nitrogens with zero attached hydrogens (tertiary/aromatic N) is 2. The Morgan fingerprint density at radius 1 is 1.41 bits per heavy atom. The molecule has 122 valence electrons. The van der Waals surface area contributed by atoms with Crippen molar-refractivity contribution < 1.29 is 71.5 Å². The second kappa shape index (κ2) is 16.1. The third-order valence-corrected chi connectivity index (χ3v) is 2.80. The van der Waals surface area contributed by atoms with Crippen molar-refractivity contribution in [2.45, 2.75) is 45.6 Å². The van der Waals surface area contributed by atoms with Crippen molar-refractivity contribution in [1.29, 1.82) is 0 Å². The van der Waals surface area contributed by atoms with Gasteiger partial charge in [0.25, 0.3) is 0 Å². The van der Waals surface area contributed by atoms with Gasteiger partial charge in [0.05, 0.1) is 19.2 Å². The van der Waals surface area contributed by atoms with Crippen LogP contribution in [0.15, 0.2) is 17.1 Å². The van der Waals surface area contributed by atoms with Crippen molar-refractivity contribution in [1.82, 2.24) is 4.90 Å². The Labute approximate surface area is 175 Å². The van der Waals surface area contributed by atoms with Gasteiger partial charge in [-0.25, -0.2) is 0 Å². The summed E-state index contributed by atoms with van der Waals surface area (Å²) < 4.78 is 0. The molecule has 0 spiro atoms. The number of unbranched alkanes of at least 4 members (excludes halogenated alkanes) is 3. The monoisotopic (exact) mass is 338 g/mol. The first kappa shape index (κ1) is 24.5. The maximum Gasteiger partial charge on any atom is 1.00 e. The molecule has 0 radical (unpaired) electrons. The van der Waals surface area contributed by atoms with Crippen molar-refractivity contribution in [3.05, 3.63) is 12.2 Å². The van der Waals surface area contributed by atoms with Gasteiger partial charge >= 0.3 is 57.4 Å². The largest absolute Gasteiger partial charge is 1.00 e. The minimum atomic E-state index is -0.960. The number of hydrogen-bond acceptors (Lipinski definition) is 5. The van der Waals surface area contributed by atoms with E-state index < -0.39 is 12.1 Å². The fourth-order valence-corrected chi connectivity index (χ4v) is 1.85. The summed E-state index contributed by atoms with van der Waals surface area (Å²) in [6, 6.07) is 0. The topological polar surface area (TPSA) is 96.2 Å². The molecule has 0 aliphatic rings. The van der Waals surface area contributed by atoms with Gasteiger partial charge in [0.15, 0.2) is 0 Å². The summed E-state index contributed by atoms with van der Waals surface area (Å²) in [6.07, 6.45) is 6.92. The predicted octanol–water partition coefficient (Wildman–Crippen LogP) is -2.35. The quantitative estimate of drug-likeness (QED) is 0.180. The second-order valence-electron chi connectivity index (χ2n) is 5.10. The van der Waals surface area contributed by atoms with Gasteiger partial charge in [-0.05, 0) is 25.7 Å². The van der Waals surface area contributed by atoms with Crippen LogP contribution in [-0.4, -0.2) is 59.3 Å². The van der Waals surface area contributed by atoms with Gasteiger partial charge in [0.1, 0.15) is 0 Å². The first-order chi connectivity index (χ1) is 9.95. The van der Waals surface area contributed by atoms with Crippen LogP contribution < -0.4 is 56.5 Å². The van der Waals surface area contributed by atoms with E-state index in [-0.39, 0.29) is 76.9 Å². The number of aliphatic hydroxyl groups excluding tert-OH is 1. The van der Waals surface area contributed by atoms with Crippen LogP contribution in [-0.2, 0) is 4.79 Å². The van der Waals surface area contributed by atoms with Gasteiger partial charge in [0.2, 0.25) is 0 Å². The second-order valence-corrected chi connectivity index (χ2v) is 5.10. The molecule has 7 heteroatoms. The molecule has 0 amide bonds. The van der Waals surface area contributed by atoms with Gasteiger partial charge in [-0.2, -0.15) is 0 Å². The third kappa shape index (κ3) is 16.6. The van der Waals surface area contributed by atoms with E-state index in [2.05, 4.69) is 11.9 Å². The van der Waals surface area contributed by atoms with Crippen LogP contribution in [0.5, 0.6) is 0 Å². The van der Waals surface area contributed by atoms with E-state index in [1.807, 2.05) is 6.08 Å². The first-order valence-electron chi connectivity index (χ1n) is 7.46. The van der Waals surface area contributed by atoms with Crippen LogP contribution in [0.25, 0.3) is 0 Å². The number of carbonyl (C=O) groups is 1. The van der Waals surface area contributed by atoms with Gasteiger partial charge in [-0.15, -0.1) is 0 Å². The molecule has 22 heavy (non-hydrogen) atoms. The number of aliphatic imine (C=N–C) groups is 1. The Morgan fingerprint density at radius 2 is 2.09 bits per heavy atom. The van der Waals surface area contributed by atoms with Gasteiger partial charge < -0.3 is 15.3 Å². The molecule has 0 fully saturated rings. The molecule has 0 bridgehead atoms. The first-order valence-corrected chi connectivity index (χ1v) is 7.46. The fraction of sp³-hybridized carbons (Fsp3) is 0.733. The van der Waals surface area contributed by atoms with Crippen molar-refractivity contribution in [2.24, 2.45) is 4.99 Å². The number of hydrogen-bond donors (Lipinski definition) is 2. The standard InChI is InChI=1S/C15H28N2O4.K/c1-3-4-5-6-7-8-14(19)16-9-10-17(11-13(2)18)12-15(20)21;/h7-8,13,18H,3-6,9-12H2,1-2H3,(H,16,19)(H,20,21);/q;+1/p-1/b8-7+;. The molecular formula is C15H27KN2O4. The molecule has 1 atom stereocenters. The molecule has 2 N–H and O–H groups in total. The van der Waals surface area contributed by atoms with E-state index in [1.54, 1.807) is 11.8 Å². The Morgan fingerprint density at radius 3 is 2.64 bits per heavy atom. The summed E-state index contributed by atoms with van der Waals surface area (Å²) >= 11 is 0. The molecule has 0 aliphatic carbocycles. The maximum atomic E-state index is 11.5. The Bertz CT molecular complexity index is 346. The molecule has 0 aliphatic heterocycles. The summed E-state index contributed by atoms with van der Waals surface area (Å²) in [6.45, 7) is 4.38. The number of aliphatic carboxylic acids is 1. The van der Waals surface area contributed by atoms with E-state index in [4.69, 9.17) is 5.11 Å². The minimum Gasteiger partial charge on any atom is -0.859 e. The third-order valence-electron chi connectivity index (χ3n) is 2.80. The van der Waals surface area contributed by atoms with Crippen LogP contribution in [0.4, 0.5) is 0 Å². The van der Waals surface area contributed by atoms with E-state index >= 15 is 0 Å². The van der Waals surface area contributed by atoms with E-state index in [0.717, 1.165) is 25.7 Å². The zero-order valence-electron chi connectivity index (χ0n) is 14.0. The van der Waals surface area contributed by atoms with Gasteiger partial charge in [-0.3, -0.25) is 14.7 Å². The van der Waals surface area contributed by atoms with Crippen molar-refractivity contribution in [2.75, 3.05) is 26.2 Å². The van der Waals surface area contributed by atoms with Crippen molar-refractivity contribution in [3.8, 4) is 0 Å². The summed E-state index contributed by atoms with van der Waals surface area (Å²) in [5.41, 5.74) is 0. The molecule has 0 heterocycles. The molecule has 0 rings (SSSR count). The van der Waals surface area contributed by atoms with E-state index in [1.165, 1.54) is 6.08 Å². The summed E-state index contributed by atoms with van der Waals surface area (Å²) in [4.78, 5) is 16.1. The molecule has 0 aromatic rings. The predicted molar refractivity (Wildman–Crippen MR) is 81.3 cm³/mol. The summed E-state index contributed by atoms with van der Waals surface area (Å²) in [5.74, 6) is -1.25. The average Bonchev–Trinajstić information content (AvgIpc) is 2.37. The number of aliphatic hydroxyl groups is 1. The SMILES string of the molecule is CCCCC/C=C/C([O-])=NCCN(CC(=O)O)CC(C)O.[K+]. The Hall–Kier alpha value is 0.236. The zero-order valence-corrected chi connectivity index (χ0v) is 17.1. The Balaban J connectivity index is 0. The minimum absolute atomic E-state index is 0. The van der Waals surface area contributed by atoms with Crippen LogP contribution in [0.2, 0.25) is 0 Å². The fourth-order valence-electron chi connectivity index (χ4n) is 1.85. The molecular weight excluding hydrogens is 311 g/mol. The number of rotatable bonds is 12. The molecule has 0 aromatic heterocycles. The molecule has 0 saturated carbocycles. The number of carboxylic acid groups (broad SMARTS) is 1. The van der Waals surface area contributed by atoms with Crippen LogP contribution in [0.1, 0.15) is 39.5 Å². The zero-order chi connectivity index (χ0) is 16.1. The smallest absolute Gasteiger partial charge is 0.859 e. The van der Waals surface area contributed by atoms with Crippen LogP contribution in [0, 0.1) is 0 Å². The molecule has 1 unspecified atom stereocenters. The van der Waals surface area contributed by atoms with Gasteiger partial charge in [0, 0.05) is 13.1 Å². The molecule has 0 saturated heterocycles. The number of allylic oxidation sites excluding steroid dienone is 1. The van der Waals surface area contributed by atoms with Crippen LogP contribution >= 0.6 is 0 Å². The molecule has 6 nitrogen and oxygen atoms in total. The summed E-state index contributed by atoms with van der Waals surface area (Å²) in [5, 5.41) is 29.5. The normalized spacial score (nSPS) is 13.4. The Kier molecular flexibility index (Phi) is 17.9. The van der Waals surface area contributed by atoms with E-state index in [0.29, 0.717) is 6.54 Å². The summed E-state index contributed by atoms with van der Waals surface area (Å²) in [7, 11) is 0. The van der Waals surface area contributed by atoms with Gasteiger partial charge in [-0.1, -0.05) is 31.9 Å². The van der Waals surface area contributed by atoms with Crippen LogP contribution in [0.3, 0.4) is 0 Å². The van der Waals surface area contributed by atoms with Crippen molar-refractivity contribution in [3.63, 3.8) is 0 Å². The maximum absolute atomic E-state index is 11.5. The number of carboxylic acids is 1. The average molecular weight is 338 g/mol. The molecule has 0 aromatic carbocycles. The van der Waals surface area contributed by atoms with E-state index in [9.17, 15) is 15.0 Å². The van der Waals surface area contributed by atoms with Crippen molar-refractivity contribution >= 4 is 11.9 Å².